The molecule has 4 aromatic rings. The Morgan fingerprint density at radius 3 is 2.74 bits per heavy atom. The quantitative estimate of drug-likeness (QED) is 0.428. The third-order valence-corrected chi connectivity index (χ3v) is 7.99. The van der Waals surface area contributed by atoms with Crippen molar-refractivity contribution in [3.8, 4) is 0 Å². The van der Waals surface area contributed by atoms with Crippen LogP contribution < -0.4 is 5.32 Å². The summed E-state index contributed by atoms with van der Waals surface area (Å²) < 4.78 is 1.23. The summed E-state index contributed by atoms with van der Waals surface area (Å²) in [7, 11) is 0. The lowest BCUT2D eigenvalue weighted by molar-refractivity contribution is -0.131. The molecule has 0 aliphatic carbocycles. The van der Waals surface area contributed by atoms with Gasteiger partial charge in [0.1, 0.15) is 0 Å². The number of nitrogens with zero attached hydrogens (tertiary/aromatic N) is 2. The molecule has 2 aromatic heterocycles. The molecule has 31 heavy (non-hydrogen) atoms. The van der Waals surface area contributed by atoms with Crippen molar-refractivity contribution < 1.29 is 4.79 Å². The number of aromatic nitrogens is 1. The fraction of sp³-hybridized carbons (Fsp3) is 0.280. The number of hydrogen-bond acceptors (Lipinski definition) is 5. The average molecular weight is 448 g/mol. The predicted molar refractivity (Wildman–Crippen MR) is 129 cm³/mol. The van der Waals surface area contributed by atoms with Crippen molar-refractivity contribution in [2.45, 2.75) is 24.8 Å². The summed E-state index contributed by atoms with van der Waals surface area (Å²) in [5, 5.41) is 6.76. The zero-order valence-electron chi connectivity index (χ0n) is 17.2. The van der Waals surface area contributed by atoms with Gasteiger partial charge in [0, 0.05) is 23.9 Å². The van der Waals surface area contributed by atoms with Gasteiger partial charge in [-0.25, -0.2) is 4.98 Å². The molecular formula is C25H25N3OS2. The molecule has 1 saturated heterocycles. The van der Waals surface area contributed by atoms with E-state index in [0.717, 1.165) is 36.5 Å². The Hall–Kier alpha value is -2.54. The van der Waals surface area contributed by atoms with Gasteiger partial charge in [0.25, 0.3) is 0 Å². The Labute approximate surface area is 190 Å². The molecule has 0 radical (unpaired) electrons. The van der Waals surface area contributed by atoms with E-state index in [1.807, 2.05) is 29.2 Å². The minimum atomic E-state index is 0.0370. The number of hydrogen-bond donors (Lipinski definition) is 1. The molecule has 2 atom stereocenters. The number of amides is 1. The zero-order chi connectivity index (χ0) is 21.0. The highest BCUT2D eigenvalue weighted by molar-refractivity contribution is 7.18. The number of carbonyl (C=O) groups excluding carboxylic acids is 1. The third kappa shape index (κ3) is 4.56. The second-order valence-electron chi connectivity index (χ2n) is 7.94. The van der Waals surface area contributed by atoms with Crippen LogP contribution in [0.4, 0.5) is 0 Å². The first kappa shape index (κ1) is 20.4. The number of benzene rings is 2. The summed E-state index contributed by atoms with van der Waals surface area (Å²) in [5.74, 6) is 0.501. The second kappa shape index (κ2) is 9.30. The van der Waals surface area contributed by atoms with Gasteiger partial charge in [0.15, 0.2) is 0 Å². The van der Waals surface area contributed by atoms with Gasteiger partial charge in [-0.15, -0.1) is 22.7 Å². The topological polar surface area (TPSA) is 45.2 Å². The van der Waals surface area contributed by atoms with E-state index < -0.39 is 0 Å². The molecule has 158 valence electrons. The molecule has 1 amide bonds. The molecule has 1 fully saturated rings. The van der Waals surface area contributed by atoms with E-state index in [1.165, 1.54) is 15.1 Å². The minimum absolute atomic E-state index is 0.0370. The number of thiazole rings is 1. The Bertz CT molecular complexity index is 1110. The molecule has 1 N–H and O–H groups in total. The second-order valence-corrected chi connectivity index (χ2v) is 9.98. The molecule has 1 aliphatic rings. The Balaban J connectivity index is 1.26. The smallest absolute Gasteiger partial charge is 0.236 e. The van der Waals surface area contributed by atoms with E-state index in [0.29, 0.717) is 12.5 Å². The van der Waals surface area contributed by atoms with Gasteiger partial charge in [0.2, 0.25) is 5.91 Å². The van der Waals surface area contributed by atoms with E-state index in [2.05, 4.69) is 53.2 Å². The van der Waals surface area contributed by atoms with Crippen LogP contribution in [0.2, 0.25) is 0 Å². The largest absolute Gasteiger partial charge is 0.341 e. The van der Waals surface area contributed by atoms with E-state index in [4.69, 9.17) is 4.98 Å². The molecule has 0 unspecified atom stereocenters. The van der Waals surface area contributed by atoms with Crippen LogP contribution in [0.15, 0.2) is 72.1 Å². The van der Waals surface area contributed by atoms with Crippen LogP contribution in [0.3, 0.4) is 0 Å². The molecule has 3 heterocycles. The van der Waals surface area contributed by atoms with Crippen LogP contribution in [-0.4, -0.2) is 35.4 Å². The lowest BCUT2D eigenvalue weighted by Gasteiger charge is -2.32. The maximum absolute atomic E-state index is 13.1. The molecule has 4 nitrogen and oxygen atoms in total. The summed E-state index contributed by atoms with van der Waals surface area (Å²) in [6.45, 7) is 1.93. The highest BCUT2D eigenvalue weighted by Gasteiger charge is 2.27. The SMILES string of the molecule is O=C(CN[C@@H](c1ccccc1)c1cccs1)N1CCC[C@@H](c2nc3ccccc3s2)C1. The standard InChI is InChI=1S/C25H25N3OS2/c29-23(16-26-24(22-13-7-15-30-22)18-8-2-1-3-9-18)28-14-6-10-19(17-28)25-27-20-11-4-5-12-21(20)31-25/h1-5,7-9,11-13,15,19,24,26H,6,10,14,16-17H2/t19-,24+/m1/s1. The molecule has 0 bridgehead atoms. The molecule has 6 heteroatoms. The fourth-order valence-corrected chi connectivity index (χ4v) is 6.17. The van der Waals surface area contributed by atoms with E-state index in [-0.39, 0.29) is 11.9 Å². The van der Waals surface area contributed by atoms with Crippen LogP contribution in [0, 0.1) is 0 Å². The van der Waals surface area contributed by atoms with Crippen LogP contribution in [0.5, 0.6) is 0 Å². The van der Waals surface area contributed by atoms with Gasteiger partial charge in [-0.05, 0) is 42.0 Å². The number of para-hydroxylation sites is 1. The van der Waals surface area contributed by atoms with E-state index in [9.17, 15) is 4.79 Å². The summed E-state index contributed by atoms with van der Waals surface area (Å²) in [4.78, 5) is 21.2. The highest BCUT2D eigenvalue weighted by Crippen LogP contribution is 2.33. The van der Waals surface area contributed by atoms with Crippen molar-refractivity contribution in [1.82, 2.24) is 15.2 Å². The van der Waals surface area contributed by atoms with Crippen molar-refractivity contribution in [3.05, 3.63) is 87.6 Å². The van der Waals surface area contributed by atoms with Crippen molar-refractivity contribution in [3.63, 3.8) is 0 Å². The van der Waals surface area contributed by atoms with Crippen LogP contribution in [0.1, 0.15) is 40.2 Å². The first-order valence-electron chi connectivity index (χ1n) is 10.7. The van der Waals surface area contributed by atoms with Crippen LogP contribution >= 0.6 is 22.7 Å². The monoisotopic (exact) mass is 447 g/mol. The Kier molecular flexibility index (Phi) is 6.11. The normalized spacial score (nSPS) is 17.7. The summed E-state index contributed by atoms with van der Waals surface area (Å²) in [5.41, 5.74) is 2.25. The molecule has 0 saturated carbocycles. The van der Waals surface area contributed by atoms with Gasteiger partial charge >= 0.3 is 0 Å². The van der Waals surface area contributed by atoms with Crippen LogP contribution in [0.25, 0.3) is 10.2 Å². The van der Waals surface area contributed by atoms with Gasteiger partial charge in [0.05, 0.1) is 27.8 Å². The molecule has 0 spiro atoms. The molecular weight excluding hydrogens is 422 g/mol. The van der Waals surface area contributed by atoms with Gasteiger partial charge in [-0.3, -0.25) is 10.1 Å². The number of piperidine rings is 1. The molecule has 2 aromatic carbocycles. The van der Waals surface area contributed by atoms with Crippen molar-refractivity contribution in [2.24, 2.45) is 0 Å². The number of likely N-dealkylation sites (tertiary alicyclic amines) is 1. The number of fused-ring (bicyclic) bond motifs is 1. The average Bonchev–Trinajstić information content (AvgIpc) is 3.50. The number of rotatable bonds is 6. The van der Waals surface area contributed by atoms with Crippen molar-refractivity contribution in [1.29, 1.82) is 0 Å². The van der Waals surface area contributed by atoms with Crippen LogP contribution in [-0.2, 0) is 4.79 Å². The summed E-state index contributed by atoms with van der Waals surface area (Å²) >= 11 is 3.49. The summed E-state index contributed by atoms with van der Waals surface area (Å²) in [6, 6.07) is 22.9. The van der Waals surface area contributed by atoms with Gasteiger partial charge < -0.3 is 4.90 Å². The molecule has 5 rings (SSSR count). The lowest BCUT2D eigenvalue weighted by Crippen LogP contribution is -2.44. The fourth-order valence-electron chi connectivity index (χ4n) is 4.25. The number of thiophene rings is 1. The number of nitrogens with one attached hydrogen (secondary N) is 1. The zero-order valence-corrected chi connectivity index (χ0v) is 18.9. The third-order valence-electron chi connectivity index (χ3n) is 5.85. The summed E-state index contributed by atoms with van der Waals surface area (Å²) in [6.07, 6.45) is 2.12. The lowest BCUT2D eigenvalue weighted by atomic mass is 9.98. The van der Waals surface area contributed by atoms with E-state index >= 15 is 0 Å². The highest BCUT2D eigenvalue weighted by atomic mass is 32.1. The van der Waals surface area contributed by atoms with Gasteiger partial charge in [-0.2, -0.15) is 0 Å². The maximum atomic E-state index is 13.1. The predicted octanol–water partition coefficient (Wildman–Crippen LogP) is 5.44. The van der Waals surface area contributed by atoms with Gasteiger partial charge in [-0.1, -0.05) is 48.5 Å². The molecule has 1 aliphatic heterocycles. The first-order chi connectivity index (χ1) is 15.3. The Morgan fingerprint density at radius 1 is 1.10 bits per heavy atom. The minimum Gasteiger partial charge on any atom is -0.341 e. The number of carbonyl (C=O) groups is 1. The first-order valence-corrected chi connectivity index (χ1v) is 12.4. The van der Waals surface area contributed by atoms with Crippen molar-refractivity contribution >= 4 is 38.8 Å². The van der Waals surface area contributed by atoms with Crippen molar-refractivity contribution in [2.75, 3.05) is 19.6 Å². The van der Waals surface area contributed by atoms with E-state index in [1.54, 1.807) is 22.7 Å². The maximum Gasteiger partial charge on any atom is 0.236 e. The Morgan fingerprint density at radius 2 is 1.94 bits per heavy atom.